The molecule has 2 atom stereocenters. The molecule has 4 aliphatic rings. The van der Waals surface area contributed by atoms with Crippen molar-refractivity contribution in [1.82, 2.24) is 4.57 Å². The van der Waals surface area contributed by atoms with Gasteiger partial charge in [0, 0.05) is 33.5 Å². The molecule has 6 aromatic carbocycles. The molecular weight excluding hydrogens is 665 g/mol. The van der Waals surface area contributed by atoms with Gasteiger partial charge in [-0.15, -0.1) is 0 Å². The van der Waals surface area contributed by atoms with Crippen molar-refractivity contribution >= 4 is 44.9 Å². The molecule has 1 aromatic heterocycles. The molecule has 1 heterocycles. The van der Waals surface area contributed by atoms with E-state index in [1.54, 1.807) is 11.1 Å². The molecule has 2 unspecified atom stereocenters. The molecule has 7 aromatic rings. The van der Waals surface area contributed by atoms with Crippen LogP contribution < -0.4 is 4.90 Å². The fourth-order valence-corrected chi connectivity index (χ4v) is 11.6. The minimum Gasteiger partial charge on any atom is -0.310 e. The topological polar surface area (TPSA) is 8.17 Å². The summed E-state index contributed by atoms with van der Waals surface area (Å²) in [7, 11) is 0. The minimum absolute atomic E-state index is 0.249. The summed E-state index contributed by atoms with van der Waals surface area (Å²) in [6, 6.07) is 53.4. The van der Waals surface area contributed by atoms with Crippen LogP contribution in [0.5, 0.6) is 0 Å². The van der Waals surface area contributed by atoms with E-state index in [0.717, 1.165) is 18.3 Å². The van der Waals surface area contributed by atoms with E-state index < -0.39 is 0 Å². The van der Waals surface area contributed by atoms with Crippen LogP contribution >= 0.6 is 0 Å². The lowest BCUT2D eigenvalue weighted by Crippen LogP contribution is -2.55. The summed E-state index contributed by atoms with van der Waals surface area (Å²) in [5.74, 6) is 1.63. The van der Waals surface area contributed by atoms with E-state index in [2.05, 4.69) is 169 Å². The van der Waals surface area contributed by atoms with Gasteiger partial charge in [-0.25, -0.2) is 0 Å². The van der Waals surface area contributed by atoms with E-state index >= 15 is 0 Å². The van der Waals surface area contributed by atoms with Crippen LogP contribution in [0, 0.1) is 18.8 Å². The number of aromatic nitrogens is 1. The Balaban J connectivity index is 1.07. The number of para-hydroxylation sites is 1. The molecule has 0 spiro atoms. The number of anilines is 3. The standard InChI is InChI=1S/C53H52N2/c1-4-6-9-39-16-24-44(25-17-39)54(47-28-29-49-48-10-7-8-11-50(48)55(51(49)31-47)46-22-12-37(3)13-23-46)45-26-20-43(21-27-45)53-34-40-30-41(35-53)33-52(32-40,36-53)42-18-14-38(5-2)15-19-42/h5,7-8,10-29,31,40-41H,2,4,6,9,30,32-36H2,1,3H3. The van der Waals surface area contributed by atoms with Gasteiger partial charge >= 0.3 is 0 Å². The zero-order valence-corrected chi connectivity index (χ0v) is 32.5. The first-order chi connectivity index (χ1) is 26.9. The van der Waals surface area contributed by atoms with Crippen LogP contribution in [0.25, 0.3) is 33.6 Å². The highest BCUT2D eigenvalue weighted by Crippen LogP contribution is 2.66. The number of hydrogen-bond acceptors (Lipinski definition) is 1. The zero-order valence-electron chi connectivity index (χ0n) is 32.5. The maximum Gasteiger partial charge on any atom is 0.0561 e. The number of rotatable bonds is 10. The smallest absolute Gasteiger partial charge is 0.0561 e. The van der Waals surface area contributed by atoms with Gasteiger partial charge < -0.3 is 9.47 Å². The molecule has 11 rings (SSSR count). The van der Waals surface area contributed by atoms with Crippen LogP contribution in [0.4, 0.5) is 17.1 Å². The number of hydrogen-bond donors (Lipinski definition) is 0. The third kappa shape index (κ3) is 5.84. The maximum atomic E-state index is 4.01. The normalized spacial score (nSPS) is 22.7. The fourth-order valence-electron chi connectivity index (χ4n) is 11.6. The fraction of sp³-hybridized carbons (Fsp3) is 0.283. The van der Waals surface area contributed by atoms with E-state index in [0.29, 0.717) is 5.41 Å². The SMILES string of the molecule is C=Cc1ccc(C23CC4CC(C2)CC(c2ccc(N(c5ccc(CCCC)cc5)c5ccc6c7ccccc7n(-c7ccc(C)cc7)c6c5)cc2)(C4)C3)cc1. The molecule has 0 aliphatic heterocycles. The summed E-state index contributed by atoms with van der Waals surface area (Å²) in [5.41, 5.74) is 14.8. The molecule has 4 bridgehead atoms. The van der Waals surface area contributed by atoms with Gasteiger partial charge in [0.1, 0.15) is 0 Å². The summed E-state index contributed by atoms with van der Waals surface area (Å²) in [6.07, 6.45) is 13.6. The molecule has 4 fully saturated rings. The maximum absolute atomic E-state index is 4.01. The van der Waals surface area contributed by atoms with Crippen molar-refractivity contribution in [1.29, 1.82) is 0 Å². The van der Waals surface area contributed by atoms with E-state index in [4.69, 9.17) is 0 Å². The van der Waals surface area contributed by atoms with Gasteiger partial charge in [-0.2, -0.15) is 0 Å². The average molecular weight is 717 g/mol. The van der Waals surface area contributed by atoms with Crippen molar-refractivity contribution in [2.24, 2.45) is 11.8 Å². The minimum atomic E-state index is 0.249. The number of fused-ring (bicyclic) bond motifs is 3. The van der Waals surface area contributed by atoms with Crippen molar-refractivity contribution in [3.8, 4) is 5.69 Å². The number of aryl methyl sites for hydroxylation is 2. The molecule has 4 aliphatic carbocycles. The molecule has 0 saturated heterocycles. The molecule has 4 saturated carbocycles. The van der Waals surface area contributed by atoms with Crippen molar-refractivity contribution in [3.63, 3.8) is 0 Å². The van der Waals surface area contributed by atoms with Crippen molar-refractivity contribution in [3.05, 3.63) is 174 Å². The Hall–Kier alpha value is -5.34. The van der Waals surface area contributed by atoms with Crippen LogP contribution in [0.1, 0.15) is 86.1 Å². The molecule has 2 heteroatoms. The second kappa shape index (κ2) is 13.4. The monoisotopic (exact) mass is 716 g/mol. The second-order valence-electron chi connectivity index (χ2n) is 17.4. The molecule has 2 nitrogen and oxygen atoms in total. The predicted molar refractivity (Wildman–Crippen MR) is 233 cm³/mol. The lowest BCUT2D eigenvalue weighted by atomic mass is 9.42. The van der Waals surface area contributed by atoms with E-state index in [9.17, 15) is 0 Å². The Kier molecular flexibility index (Phi) is 8.36. The van der Waals surface area contributed by atoms with Gasteiger partial charge in [0.05, 0.1) is 11.0 Å². The van der Waals surface area contributed by atoms with Gasteiger partial charge in [-0.05, 0) is 158 Å². The Bertz CT molecular complexity index is 2490. The number of unbranched alkanes of at least 4 members (excludes halogenated alkanes) is 1. The van der Waals surface area contributed by atoms with Gasteiger partial charge in [-0.1, -0.05) is 116 Å². The Labute approximate surface area is 327 Å². The highest BCUT2D eigenvalue weighted by Gasteiger charge is 2.58. The van der Waals surface area contributed by atoms with Gasteiger partial charge in [-0.3, -0.25) is 0 Å². The third-order valence-corrected chi connectivity index (χ3v) is 13.8. The van der Waals surface area contributed by atoms with Gasteiger partial charge in [0.25, 0.3) is 0 Å². The first kappa shape index (κ1) is 34.2. The van der Waals surface area contributed by atoms with Crippen LogP contribution in [-0.4, -0.2) is 4.57 Å². The second-order valence-corrected chi connectivity index (χ2v) is 17.4. The van der Waals surface area contributed by atoms with Crippen LogP contribution in [-0.2, 0) is 17.3 Å². The summed E-state index contributed by atoms with van der Waals surface area (Å²) in [4.78, 5) is 2.48. The average Bonchev–Trinajstić information content (AvgIpc) is 3.54. The van der Waals surface area contributed by atoms with Crippen molar-refractivity contribution in [2.45, 2.75) is 82.5 Å². The lowest BCUT2D eigenvalue weighted by Gasteiger charge is -2.63. The van der Waals surface area contributed by atoms with E-state index in [1.807, 2.05) is 6.08 Å². The zero-order chi connectivity index (χ0) is 37.1. The first-order valence-corrected chi connectivity index (χ1v) is 20.8. The summed E-state index contributed by atoms with van der Waals surface area (Å²) in [5, 5.41) is 2.56. The molecule has 0 N–H and O–H groups in total. The van der Waals surface area contributed by atoms with Crippen LogP contribution in [0.2, 0.25) is 0 Å². The van der Waals surface area contributed by atoms with Crippen molar-refractivity contribution in [2.75, 3.05) is 4.90 Å². The van der Waals surface area contributed by atoms with Crippen molar-refractivity contribution < 1.29 is 0 Å². The van der Waals surface area contributed by atoms with Gasteiger partial charge in [0.2, 0.25) is 0 Å². The van der Waals surface area contributed by atoms with Crippen LogP contribution in [0.3, 0.4) is 0 Å². The molecule has 0 radical (unpaired) electrons. The highest BCUT2D eigenvalue weighted by atomic mass is 15.1. The third-order valence-electron chi connectivity index (χ3n) is 13.8. The molecule has 55 heavy (non-hydrogen) atoms. The van der Waals surface area contributed by atoms with Crippen LogP contribution in [0.15, 0.2) is 146 Å². The van der Waals surface area contributed by atoms with E-state index in [-0.39, 0.29) is 5.41 Å². The highest BCUT2D eigenvalue weighted by molar-refractivity contribution is 6.10. The summed E-state index contributed by atoms with van der Waals surface area (Å²) >= 11 is 0. The Morgan fingerprint density at radius 3 is 1.87 bits per heavy atom. The Morgan fingerprint density at radius 2 is 1.24 bits per heavy atom. The predicted octanol–water partition coefficient (Wildman–Crippen LogP) is 14.3. The molecule has 274 valence electrons. The number of benzene rings is 6. The largest absolute Gasteiger partial charge is 0.310 e. The Morgan fingerprint density at radius 1 is 0.655 bits per heavy atom. The lowest BCUT2D eigenvalue weighted by molar-refractivity contribution is -0.0281. The number of nitrogens with zero attached hydrogens (tertiary/aromatic N) is 2. The van der Waals surface area contributed by atoms with Gasteiger partial charge in [0.15, 0.2) is 0 Å². The van der Waals surface area contributed by atoms with E-state index in [1.165, 1.54) is 113 Å². The summed E-state index contributed by atoms with van der Waals surface area (Å²) in [6.45, 7) is 8.45. The molecule has 0 amide bonds. The first-order valence-electron chi connectivity index (χ1n) is 20.8. The quantitative estimate of drug-likeness (QED) is 0.137. The summed E-state index contributed by atoms with van der Waals surface area (Å²) < 4.78 is 2.44. The molecular formula is C53H52N2.